The third kappa shape index (κ3) is 3.03. The molecule has 0 heterocycles. The van der Waals surface area contributed by atoms with E-state index in [1.165, 1.54) is 11.0 Å². The molecule has 6 atom stereocenters. The highest BCUT2D eigenvalue weighted by atomic mass is 16.3. The first-order valence-corrected chi connectivity index (χ1v) is 11.7. The van der Waals surface area contributed by atoms with Gasteiger partial charge in [-0.3, -0.25) is 28.9 Å². The summed E-state index contributed by atoms with van der Waals surface area (Å²) in [6, 6.07) is 2.18. The standard InChI is InChI=1S/C25H28N2O7/c1-27(2)19-14-9-12-8-13-11(7-10-3-4-10)5-6-15(28)17(13)20(29)16(12)22(31)25(14,34)23(32)18(21(19)30)24(26)33/h5-6,10,12,14,16,18-19,28,34H,3-4,7-9H2,1-2H3,(H2,26,33)/t12-,14-,16?,18?,19-,25-/m0/s1. The largest absolute Gasteiger partial charge is 0.507 e. The molecule has 0 bridgehead atoms. The molecule has 3 saturated carbocycles. The summed E-state index contributed by atoms with van der Waals surface area (Å²) < 4.78 is 0. The Hall–Kier alpha value is -2.91. The molecular weight excluding hydrogens is 440 g/mol. The van der Waals surface area contributed by atoms with Crippen LogP contribution in [-0.4, -0.2) is 69.9 Å². The van der Waals surface area contributed by atoms with E-state index in [4.69, 9.17) is 5.73 Å². The normalized spacial score (nSPS) is 35.1. The van der Waals surface area contributed by atoms with Crippen molar-refractivity contribution in [2.45, 2.75) is 43.7 Å². The van der Waals surface area contributed by atoms with E-state index in [1.54, 1.807) is 14.1 Å². The van der Waals surface area contributed by atoms with Gasteiger partial charge < -0.3 is 15.9 Å². The van der Waals surface area contributed by atoms with E-state index in [0.717, 1.165) is 24.8 Å². The Morgan fingerprint density at radius 2 is 1.82 bits per heavy atom. The maximum Gasteiger partial charge on any atom is 0.235 e. The van der Waals surface area contributed by atoms with E-state index in [0.29, 0.717) is 17.9 Å². The summed E-state index contributed by atoms with van der Waals surface area (Å²) in [7, 11) is 3.14. The van der Waals surface area contributed by atoms with E-state index >= 15 is 0 Å². The minimum Gasteiger partial charge on any atom is -0.507 e. The molecule has 0 aliphatic heterocycles. The van der Waals surface area contributed by atoms with E-state index in [2.05, 4.69) is 0 Å². The number of Topliss-reactive ketones (excluding diaryl/α,β-unsaturated/α-hetero) is 4. The molecule has 9 nitrogen and oxygen atoms in total. The first-order valence-electron chi connectivity index (χ1n) is 11.7. The molecule has 180 valence electrons. The predicted octanol–water partition coefficient (Wildman–Crippen LogP) is -0.180. The lowest BCUT2D eigenvalue weighted by Gasteiger charge is -2.52. The second kappa shape index (κ2) is 7.55. The minimum absolute atomic E-state index is 0.0718. The summed E-state index contributed by atoms with van der Waals surface area (Å²) in [6.07, 6.45) is 3.40. The van der Waals surface area contributed by atoms with Gasteiger partial charge in [0.05, 0.1) is 17.5 Å². The molecule has 2 unspecified atom stereocenters. The van der Waals surface area contributed by atoms with Gasteiger partial charge in [-0.2, -0.15) is 0 Å². The molecule has 0 radical (unpaired) electrons. The predicted molar refractivity (Wildman–Crippen MR) is 118 cm³/mol. The third-order valence-corrected chi connectivity index (χ3v) is 8.25. The lowest BCUT2D eigenvalue weighted by molar-refractivity contribution is -0.181. The number of hydrogen-bond donors (Lipinski definition) is 3. The number of hydrogen-bond acceptors (Lipinski definition) is 8. The van der Waals surface area contributed by atoms with Gasteiger partial charge in [0.25, 0.3) is 0 Å². The van der Waals surface area contributed by atoms with Gasteiger partial charge in [-0.1, -0.05) is 6.07 Å². The van der Waals surface area contributed by atoms with Gasteiger partial charge in [0.2, 0.25) is 5.91 Å². The second-order valence-corrected chi connectivity index (χ2v) is 10.5. The Morgan fingerprint density at radius 3 is 2.41 bits per heavy atom. The second-order valence-electron chi connectivity index (χ2n) is 10.5. The van der Waals surface area contributed by atoms with Crippen LogP contribution in [0, 0.1) is 29.6 Å². The molecule has 4 aliphatic rings. The number of aromatic hydroxyl groups is 1. The monoisotopic (exact) mass is 468 g/mol. The van der Waals surface area contributed by atoms with Crippen molar-refractivity contribution in [3.63, 3.8) is 0 Å². The summed E-state index contributed by atoms with van der Waals surface area (Å²) in [4.78, 5) is 67.1. The number of primary amides is 1. The van der Waals surface area contributed by atoms with Gasteiger partial charge in [0.15, 0.2) is 34.7 Å². The van der Waals surface area contributed by atoms with E-state index in [9.17, 15) is 34.2 Å². The lowest BCUT2D eigenvalue weighted by Crippen LogP contribution is -2.74. The number of carbonyl (C=O) groups is 5. The van der Waals surface area contributed by atoms with Crippen molar-refractivity contribution in [1.29, 1.82) is 0 Å². The van der Waals surface area contributed by atoms with Gasteiger partial charge in [-0.05, 0) is 75.2 Å². The number of likely N-dealkylation sites (N-methyl/N-ethyl adjacent to an activating group) is 1. The average molecular weight is 469 g/mol. The van der Waals surface area contributed by atoms with Crippen LogP contribution in [0.5, 0.6) is 5.75 Å². The molecule has 0 aromatic heterocycles. The summed E-state index contributed by atoms with van der Waals surface area (Å²) in [6.45, 7) is 0. The molecule has 34 heavy (non-hydrogen) atoms. The van der Waals surface area contributed by atoms with Crippen molar-refractivity contribution in [2.24, 2.45) is 35.3 Å². The number of amides is 1. The highest BCUT2D eigenvalue weighted by Gasteiger charge is 2.69. The average Bonchev–Trinajstić information content (AvgIpc) is 3.56. The van der Waals surface area contributed by atoms with Crippen molar-refractivity contribution in [3.05, 3.63) is 28.8 Å². The van der Waals surface area contributed by atoms with Crippen LogP contribution in [0.3, 0.4) is 0 Å². The first kappa shape index (κ1) is 22.9. The van der Waals surface area contributed by atoms with Crippen LogP contribution in [0.2, 0.25) is 0 Å². The lowest BCUT2D eigenvalue weighted by atomic mass is 9.52. The zero-order valence-electron chi connectivity index (χ0n) is 19.1. The number of phenolic OH excluding ortho intramolecular Hbond substituents is 1. The van der Waals surface area contributed by atoms with Gasteiger partial charge in [-0.25, -0.2) is 0 Å². The Bertz CT molecular complexity index is 1150. The topological polar surface area (TPSA) is 155 Å². The highest BCUT2D eigenvalue weighted by molar-refractivity contribution is 6.32. The van der Waals surface area contributed by atoms with Crippen molar-refractivity contribution >= 4 is 29.0 Å². The summed E-state index contributed by atoms with van der Waals surface area (Å²) in [5.74, 6) is -9.49. The van der Waals surface area contributed by atoms with Crippen molar-refractivity contribution in [3.8, 4) is 5.75 Å². The molecule has 0 spiro atoms. The van der Waals surface area contributed by atoms with Gasteiger partial charge in [-0.15, -0.1) is 0 Å². The van der Waals surface area contributed by atoms with Gasteiger partial charge in [0.1, 0.15) is 5.75 Å². The molecule has 0 saturated heterocycles. The number of carbonyl (C=O) groups excluding carboxylic acids is 5. The van der Waals surface area contributed by atoms with E-state index < -0.39 is 64.4 Å². The summed E-state index contributed by atoms with van der Waals surface area (Å²) >= 11 is 0. The Balaban J connectivity index is 1.62. The van der Waals surface area contributed by atoms with Crippen LogP contribution in [-0.2, 0) is 32.0 Å². The van der Waals surface area contributed by atoms with E-state index in [-0.39, 0.29) is 17.7 Å². The Labute approximate surface area is 196 Å². The Morgan fingerprint density at radius 1 is 1.15 bits per heavy atom. The smallest absolute Gasteiger partial charge is 0.235 e. The summed E-state index contributed by atoms with van der Waals surface area (Å²) in [5, 5.41) is 22.1. The summed E-state index contributed by atoms with van der Waals surface area (Å²) in [5.41, 5.74) is 4.38. The fraction of sp³-hybridized carbons (Fsp3) is 0.560. The number of nitrogens with two attached hydrogens (primary N) is 1. The zero-order chi connectivity index (χ0) is 24.7. The van der Waals surface area contributed by atoms with Crippen LogP contribution in [0.15, 0.2) is 12.1 Å². The maximum absolute atomic E-state index is 13.7. The molecule has 3 fully saturated rings. The van der Waals surface area contributed by atoms with Crippen molar-refractivity contribution in [2.75, 3.05) is 14.1 Å². The van der Waals surface area contributed by atoms with Crippen LogP contribution in [0.1, 0.15) is 40.7 Å². The van der Waals surface area contributed by atoms with E-state index in [1.807, 2.05) is 6.07 Å². The molecule has 1 amide bonds. The van der Waals surface area contributed by atoms with Crippen molar-refractivity contribution < 1.29 is 34.2 Å². The van der Waals surface area contributed by atoms with Crippen LogP contribution in [0.25, 0.3) is 0 Å². The van der Waals surface area contributed by atoms with Crippen molar-refractivity contribution in [1.82, 2.24) is 4.90 Å². The van der Waals surface area contributed by atoms with Crippen LogP contribution in [0.4, 0.5) is 0 Å². The molecule has 5 rings (SSSR count). The molecule has 4 aliphatic carbocycles. The minimum atomic E-state index is -2.68. The van der Waals surface area contributed by atoms with Crippen LogP contribution < -0.4 is 5.73 Å². The fourth-order valence-electron chi connectivity index (χ4n) is 6.49. The molecular formula is C25H28N2O7. The number of ketones is 4. The molecule has 4 N–H and O–H groups in total. The number of fused-ring (bicyclic) bond motifs is 3. The zero-order valence-corrected chi connectivity index (χ0v) is 19.1. The Kier molecular flexibility index (Phi) is 5.07. The number of phenols is 1. The number of benzene rings is 1. The van der Waals surface area contributed by atoms with Gasteiger partial charge in [0, 0.05) is 5.92 Å². The number of nitrogens with zero attached hydrogens (tertiary/aromatic N) is 1. The highest BCUT2D eigenvalue weighted by Crippen LogP contribution is 2.51. The third-order valence-electron chi connectivity index (χ3n) is 8.25. The fourth-order valence-corrected chi connectivity index (χ4v) is 6.49. The quantitative estimate of drug-likeness (QED) is 0.514. The molecule has 1 aromatic carbocycles. The maximum atomic E-state index is 13.7. The molecule has 9 heteroatoms. The number of rotatable bonds is 4. The van der Waals surface area contributed by atoms with Gasteiger partial charge >= 0.3 is 0 Å². The SMILES string of the molecule is CN(C)[C@@H]1C(=O)C(C(N)=O)C(=O)[C@@]2(O)C(=O)C3C(=O)c4c(O)ccc(CC5CC5)c4C[C@H]3C[C@@H]12. The molecule has 1 aromatic rings. The van der Waals surface area contributed by atoms with Crippen LogP contribution >= 0.6 is 0 Å². The number of aliphatic hydroxyl groups is 1. The first-order chi connectivity index (χ1) is 16.0.